The SMILES string of the molecule is NC1CCC(N(CC2CC2)C2CCc3cc(-n4ccc(NC(=O)N5CCNCC5)nc4=O)ccc3C2)C1. The third kappa shape index (κ3) is 5.58. The fourth-order valence-corrected chi connectivity index (χ4v) is 6.37. The van der Waals surface area contributed by atoms with Crippen LogP contribution in [-0.4, -0.2) is 76.2 Å². The zero-order valence-corrected chi connectivity index (χ0v) is 21.6. The van der Waals surface area contributed by atoms with E-state index in [1.165, 1.54) is 36.9 Å². The third-order valence-corrected chi connectivity index (χ3v) is 8.66. The summed E-state index contributed by atoms with van der Waals surface area (Å²) < 4.78 is 1.56. The molecule has 9 heteroatoms. The van der Waals surface area contributed by atoms with Gasteiger partial charge in [-0.15, -0.1) is 0 Å². The second-order valence-electron chi connectivity index (χ2n) is 11.3. The summed E-state index contributed by atoms with van der Waals surface area (Å²) in [6.07, 6.45) is 11.2. The molecule has 198 valence electrons. The van der Waals surface area contributed by atoms with Crippen molar-refractivity contribution in [3.8, 4) is 5.69 Å². The van der Waals surface area contributed by atoms with Gasteiger partial charge in [-0.3, -0.25) is 14.8 Å². The van der Waals surface area contributed by atoms with E-state index in [2.05, 4.69) is 32.7 Å². The van der Waals surface area contributed by atoms with Crippen molar-refractivity contribution in [2.45, 2.75) is 69.5 Å². The molecule has 3 unspecified atom stereocenters. The van der Waals surface area contributed by atoms with Gasteiger partial charge in [0.05, 0.1) is 5.69 Å². The van der Waals surface area contributed by atoms with E-state index in [1.54, 1.807) is 21.7 Å². The molecule has 3 fully saturated rings. The highest BCUT2D eigenvalue weighted by Crippen LogP contribution is 2.36. The maximum atomic E-state index is 12.8. The highest BCUT2D eigenvalue weighted by molar-refractivity contribution is 5.88. The van der Waals surface area contributed by atoms with Crippen molar-refractivity contribution in [1.29, 1.82) is 0 Å². The van der Waals surface area contributed by atoms with Crippen molar-refractivity contribution in [1.82, 2.24) is 24.7 Å². The first-order valence-electron chi connectivity index (χ1n) is 14.0. The number of aromatic nitrogens is 2. The third-order valence-electron chi connectivity index (χ3n) is 8.66. The van der Waals surface area contributed by atoms with Crippen molar-refractivity contribution >= 4 is 11.8 Å². The standard InChI is InChI=1S/C28H39N7O2/c29-22-5-8-25(17-22)35(18-19-1-2-19)24-7-4-20-15-23(6-3-21(20)16-24)34-12-9-26(32-28(34)37)31-27(36)33-13-10-30-11-14-33/h3,6,9,12,15,19,22,24-25,30H,1-2,4-5,7-8,10-11,13-14,16-18,29H2,(H,31,32,36,37). The smallest absolute Gasteiger partial charge is 0.328 e. The number of nitrogens with zero attached hydrogens (tertiary/aromatic N) is 4. The molecule has 0 radical (unpaired) electrons. The molecule has 6 rings (SSSR count). The Kier molecular flexibility index (Phi) is 7.01. The Balaban J connectivity index is 1.14. The van der Waals surface area contributed by atoms with E-state index in [0.717, 1.165) is 56.8 Å². The summed E-state index contributed by atoms with van der Waals surface area (Å²) in [6.45, 7) is 4.06. The molecule has 3 aliphatic carbocycles. The van der Waals surface area contributed by atoms with E-state index in [9.17, 15) is 9.59 Å². The molecule has 4 aliphatic rings. The van der Waals surface area contributed by atoms with E-state index >= 15 is 0 Å². The number of hydrogen-bond donors (Lipinski definition) is 3. The molecule has 1 aromatic heterocycles. The summed E-state index contributed by atoms with van der Waals surface area (Å²) in [6, 6.07) is 9.42. The topological polar surface area (TPSA) is 109 Å². The zero-order valence-electron chi connectivity index (χ0n) is 21.6. The predicted molar refractivity (Wildman–Crippen MR) is 144 cm³/mol. The predicted octanol–water partition coefficient (Wildman–Crippen LogP) is 2.12. The van der Waals surface area contributed by atoms with Crippen molar-refractivity contribution in [2.24, 2.45) is 11.7 Å². The molecule has 4 N–H and O–H groups in total. The summed E-state index contributed by atoms with van der Waals surface area (Å²) >= 11 is 0. The average Bonchev–Trinajstić information content (AvgIpc) is 3.64. The number of carbonyl (C=O) groups excluding carboxylic acids is 1. The Bertz CT molecular complexity index is 1190. The first-order valence-corrected chi connectivity index (χ1v) is 14.0. The van der Waals surface area contributed by atoms with Crippen LogP contribution in [-0.2, 0) is 12.8 Å². The van der Waals surface area contributed by atoms with Crippen LogP contribution in [0.4, 0.5) is 10.6 Å². The quantitative estimate of drug-likeness (QED) is 0.555. The molecule has 1 aromatic carbocycles. The highest BCUT2D eigenvalue weighted by Gasteiger charge is 2.36. The number of fused-ring (bicyclic) bond motifs is 1. The van der Waals surface area contributed by atoms with Gasteiger partial charge >= 0.3 is 11.7 Å². The lowest BCUT2D eigenvalue weighted by molar-refractivity contribution is 0.116. The Morgan fingerprint density at radius 2 is 1.92 bits per heavy atom. The zero-order chi connectivity index (χ0) is 25.4. The second kappa shape index (κ2) is 10.6. The number of benzene rings is 1. The van der Waals surface area contributed by atoms with Crippen LogP contribution in [0.25, 0.3) is 5.69 Å². The molecule has 2 aromatic rings. The van der Waals surface area contributed by atoms with E-state index in [0.29, 0.717) is 31.2 Å². The molecular formula is C28H39N7O2. The van der Waals surface area contributed by atoms with Crippen molar-refractivity contribution in [3.05, 3.63) is 52.1 Å². The number of nitrogens with one attached hydrogen (secondary N) is 2. The van der Waals surface area contributed by atoms with Gasteiger partial charge in [-0.25, -0.2) is 9.59 Å². The monoisotopic (exact) mass is 505 g/mol. The van der Waals surface area contributed by atoms with Gasteiger partial charge in [0.2, 0.25) is 0 Å². The van der Waals surface area contributed by atoms with Crippen LogP contribution in [0.5, 0.6) is 0 Å². The molecule has 2 saturated carbocycles. The van der Waals surface area contributed by atoms with Gasteiger partial charge in [0.1, 0.15) is 5.82 Å². The molecule has 2 heterocycles. The lowest BCUT2D eigenvalue weighted by Crippen LogP contribution is -2.48. The Morgan fingerprint density at radius 1 is 1.08 bits per heavy atom. The lowest BCUT2D eigenvalue weighted by Gasteiger charge is -2.39. The second-order valence-corrected chi connectivity index (χ2v) is 11.3. The van der Waals surface area contributed by atoms with Crippen LogP contribution in [0.2, 0.25) is 0 Å². The number of anilines is 1. The molecule has 1 aliphatic heterocycles. The lowest BCUT2D eigenvalue weighted by atomic mass is 9.86. The highest BCUT2D eigenvalue weighted by atomic mass is 16.2. The minimum atomic E-state index is -0.389. The molecule has 9 nitrogen and oxygen atoms in total. The number of rotatable bonds is 6. The Hall–Kier alpha value is -2.75. The van der Waals surface area contributed by atoms with Gasteiger partial charge in [-0.05, 0) is 86.6 Å². The largest absolute Gasteiger partial charge is 0.354 e. The molecule has 37 heavy (non-hydrogen) atoms. The van der Waals surface area contributed by atoms with Gasteiger partial charge in [-0.2, -0.15) is 4.98 Å². The maximum absolute atomic E-state index is 12.8. The van der Waals surface area contributed by atoms with Crippen LogP contribution < -0.4 is 22.1 Å². The fourth-order valence-electron chi connectivity index (χ4n) is 6.37. The van der Waals surface area contributed by atoms with Crippen molar-refractivity contribution in [2.75, 3.05) is 38.0 Å². The number of carbonyl (C=O) groups is 1. The van der Waals surface area contributed by atoms with Crippen LogP contribution in [0.15, 0.2) is 35.3 Å². The van der Waals surface area contributed by atoms with Crippen LogP contribution in [0.3, 0.4) is 0 Å². The van der Waals surface area contributed by atoms with Gasteiger partial charge in [0.15, 0.2) is 0 Å². The number of piperazine rings is 1. The molecule has 0 bridgehead atoms. The van der Waals surface area contributed by atoms with E-state index in [-0.39, 0.29) is 17.5 Å². The van der Waals surface area contributed by atoms with Crippen molar-refractivity contribution in [3.63, 3.8) is 0 Å². The van der Waals surface area contributed by atoms with Crippen LogP contribution in [0, 0.1) is 5.92 Å². The average molecular weight is 506 g/mol. The summed E-state index contributed by atoms with van der Waals surface area (Å²) in [5.41, 5.74) is 9.44. The summed E-state index contributed by atoms with van der Waals surface area (Å²) in [4.78, 5) is 34.0. The number of nitrogens with two attached hydrogens (primary N) is 1. The van der Waals surface area contributed by atoms with Crippen LogP contribution >= 0.6 is 0 Å². The molecule has 0 spiro atoms. The fraction of sp³-hybridized carbons (Fsp3) is 0.607. The normalized spacial score (nSPS) is 25.8. The first-order chi connectivity index (χ1) is 18.0. The minimum absolute atomic E-state index is 0.218. The van der Waals surface area contributed by atoms with E-state index < -0.39 is 0 Å². The number of hydrogen-bond acceptors (Lipinski definition) is 6. The Morgan fingerprint density at radius 3 is 2.65 bits per heavy atom. The minimum Gasteiger partial charge on any atom is -0.328 e. The first kappa shape index (κ1) is 24.6. The molecule has 1 saturated heterocycles. The molecule has 3 atom stereocenters. The number of aryl methyl sites for hydroxylation is 1. The van der Waals surface area contributed by atoms with Crippen LogP contribution in [0.1, 0.15) is 49.7 Å². The van der Waals surface area contributed by atoms with Gasteiger partial charge in [0.25, 0.3) is 0 Å². The summed E-state index contributed by atoms with van der Waals surface area (Å²) in [5.74, 6) is 1.16. The van der Waals surface area contributed by atoms with Crippen molar-refractivity contribution < 1.29 is 4.79 Å². The van der Waals surface area contributed by atoms with Gasteiger partial charge in [0, 0.05) is 57.0 Å². The van der Waals surface area contributed by atoms with E-state index in [4.69, 9.17) is 5.73 Å². The number of amides is 2. The molecular weight excluding hydrogens is 466 g/mol. The maximum Gasteiger partial charge on any atom is 0.354 e. The Labute approximate surface area is 218 Å². The summed E-state index contributed by atoms with van der Waals surface area (Å²) in [5, 5.41) is 5.99. The van der Waals surface area contributed by atoms with Gasteiger partial charge < -0.3 is 16.0 Å². The number of urea groups is 1. The van der Waals surface area contributed by atoms with Gasteiger partial charge in [-0.1, -0.05) is 6.07 Å². The van der Waals surface area contributed by atoms with E-state index in [1.807, 2.05) is 6.07 Å². The summed E-state index contributed by atoms with van der Waals surface area (Å²) in [7, 11) is 0. The molecule has 2 amide bonds.